The van der Waals surface area contributed by atoms with Crippen LogP contribution in [0.4, 0.5) is 0 Å². The number of hydrogen-bond donors (Lipinski definition) is 0. The van der Waals surface area contributed by atoms with Crippen molar-refractivity contribution in [2.45, 2.75) is 11.8 Å². The third-order valence-electron chi connectivity index (χ3n) is 3.87. The van der Waals surface area contributed by atoms with Gasteiger partial charge in [-0.05, 0) is 31.2 Å². The van der Waals surface area contributed by atoms with Gasteiger partial charge < -0.3 is 18.9 Å². The van der Waals surface area contributed by atoms with Crippen LogP contribution in [0.5, 0.6) is 23.5 Å². The van der Waals surface area contributed by atoms with Gasteiger partial charge in [-0.3, -0.25) is 0 Å². The van der Waals surface area contributed by atoms with Crippen molar-refractivity contribution in [1.82, 2.24) is 9.97 Å². The van der Waals surface area contributed by atoms with Gasteiger partial charge in [0.05, 0.1) is 14.2 Å². The minimum atomic E-state index is -0.529. The van der Waals surface area contributed by atoms with Crippen molar-refractivity contribution in [3.63, 3.8) is 0 Å². The molecule has 0 aliphatic heterocycles. The molecule has 0 aliphatic carbocycles. The van der Waals surface area contributed by atoms with E-state index in [-0.39, 0.29) is 40.0 Å². The summed E-state index contributed by atoms with van der Waals surface area (Å²) in [6, 6.07) is 14.5. The third kappa shape index (κ3) is 5.34. The number of carbonyl (C=O) groups excluding carboxylic acids is 1. The van der Waals surface area contributed by atoms with Crippen molar-refractivity contribution in [3.05, 3.63) is 64.7 Å². The maximum Gasteiger partial charge on any atom is 0.342 e. The van der Waals surface area contributed by atoms with E-state index in [0.717, 1.165) is 10.5 Å². The largest absolute Gasteiger partial charge is 0.480 e. The monoisotopic (exact) mass is 446 g/mol. The molecule has 156 valence electrons. The predicted molar refractivity (Wildman–Crippen MR) is 114 cm³/mol. The number of methoxy groups -OCH3 is 2. The Balaban J connectivity index is 1.73. The average Bonchev–Trinajstić information content (AvgIpc) is 2.75. The van der Waals surface area contributed by atoms with Crippen LogP contribution in [0.1, 0.15) is 15.9 Å². The zero-order chi connectivity index (χ0) is 21.5. The Labute approximate surface area is 183 Å². The summed E-state index contributed by atoms with van der Waals surface area (Å²) in [4.78, 5) is 21.8. The number of nitrogens with zero attached hydrogens (tertiary/aromatic N) is 2. The van der Waals surface area contributed by atoms with Gasteiger partial charge in [0.25, 0.3) is 0 Å². The summed E-state index contributed by atoms with van der Waals surface area (Å²) in [6.07, 6.45) is 0. The molecule has 2 aromatic carbocycles. The van der Waals surface area contributed by atoms with Gasteiger partial charge in [0.15, 0.2) is 5.02 Å². The summed E-state index contributed by atoms with van der Waals surface area (Å²) in [5.41, 5.74) is 1.37. The second-order valence-electron chi connectivity index (χ2n) is 5.95. The van der Waals surface area contributed by atoms with Crippen molar-refractivity contribution >= 4 is 29.3 Å². The van der Waals surface area contributed by atoms with E-state index in [0.29, 0.717) is 0 Å². The lowest BCUT2D eigenvalue weighted by Crippen LogP contribution is -2.07. The van der Waals surface area contributed by atoms with E-state index in [9.17, 15) is 4.79 Å². The van der Waals surface area contributed by atoms with Crippen LogP contribution in [0.25, 0.3) is 0 Å². The molecule has 3 aromatic rings. The highest BCUT2D eigenvalue weighted by Gasteiger charge is 2.19. The maximum atomic E-state index is 12.6. The van der Waals surface area contributed by atoms with Crippen LogP contribution >= 0.6 is 23.4 Å². The number of thioether (sulfide) groups is 1. The molecule has 3 rings (SSSR count). The molecule has 7 nitrogen and oxygen atoms in total. The van der Waals surface area contributed by atoms with Crippen LogP contribution < -0.4 is 14.2 Å². The maximum absolute atomic E-state index is 12.6. The Bertz CT molecular complexity index is 1020. The number of halogens is 1. The molecule has 0 saturated heterocycles. The zero-order valence-electron chi connectivity index (χ0n) is 16.5. The minimum absolute atomic E-state index is 0.0810. The molecular formula is C21H19ClN2O5S. The van der Waals surface area contributed by atoms with Crippen LogP contribution in [0.15, 0.2) is 53.4 Å². The first-order valence-electron chi connectivity index (χ1n) is 8.80. The molecule has 1 aromatic heterocycles. The first-order valence-corrected chi connectivity index (χ1v) is 10.2. The Morgan fingerprint density at radius 1 is 1.03 bits per heavy atom. The molecular weight excluding hydrogens is 428 g/mol. The lowest BCUT2D eigenvalue weighted by molar-refractivity contribution is 0.0576. The molecule has 0 fully saturated rings. The summed E-state index contributed by atoms with van der Waals surface area (Å²) in [6.45, 7) is 2.01. The minimum Gasteiger partial charge on any atom is -0.480 e. The average molecular weight is 447 g/mol. The van der Waals surface area contributed by atoms with Crippen molar-refractivity contribution < 1.29 is 23.7 Å². The summed E-state index contributed by atoms with van der Waals surface area (Å²) in [5, 5.41) is 0.119. The molecule has 0 unspecified atom stereocenters. The van der Waals surface area contributed by atoms with Crippen LogP contribution in [0.3, 0.4) is 0 Å². The second-order valence-corrected chi connectivity index (χ2v) is 7.32. The van der Waals surface area contributed by atoms with E-state index in [4.69, 9.17) is 30.5 Å². The number of rotatable bonds is 8. The van der Waals surface area contributed by atoms with Gasteiger partial charge in [-0.1, -0.05) is 53.2 Å². The van der Waals surface area contributed by atoms with E-state index < -0.39 is 5.97 Å². The van der Waals surface area contributed by atoms with Gasteiger partial charge in [-0.2, -0.15) is 9.97 Å². The van der Waals surface area contributed by atoms with E-state index in [2.05, 4.69) is 9.97 Å². The Kier molecular flexibility index (Phi) is 7.37. The van der Waals surface area contributed by atoms with Gasteiger partial charge in [-0.25, -0.2) is 4.79 Å². The topological polar surface area (TPSA) is 79.8 Å². The molecule has 0 aliphatic rings. The fourth-order valence-electron chi connectivity index (χ4n) is 2.46. The lowest BCUT2D eigenvalue weighted by atomic mass is 10.2. The van der Waals surface area contributed by atoms with Gasteiger partial charge in [-0.15, -0.1) is 0 Å². The smallest absolute Gasteiger partial charge is 0.342 e. The number of benzene rings is 2. The van der Waals surface area contributed by atoms with Crippen LogP contribution in [-0.2, 0) is 4.74 Å². The van der Waals surface area contributed by atoms with Crippen molar-refractivity contribution in [2.75, 3.05) is 20.2 Å². The molecule has 0 saturated carbocycles. The number of aryl methyl sites for hydroxylation is 1. The highest BCUT2D eigenvalue weighted by Crippen LogP contribution is 2.34. The Hall–Kier alpha value is -2.97. The van der Waals surface area contributed by atoms with Crippen LogP contribution in [0.2, 0.25) is 5.02 Å². The molecule has 0 radical (unpaired) electrons. The zero-order valence-corrected chi connectivity index (χ0v) is 18.1. The molecule has 0 bridgehead atoms. The first-order chi connectivity index (χ1) is 14.5. The summed E-state index contributed by atoms with van der Waals surface area (Å²) in [5.74, 6) is 0.0461. The van der Waals surface area contributed by atoms with Crippen molar-refractivity contribution in [3.8, 4) is 23.5 Å². The second kappa shape index (κ2) is 10.2. The third-order valence-corrected chi connectivity index (χ3v) is 5.02. The van der Waals surface area contributed by atoms with Crippen LogP contribution in [-0.4, -0.2) is 36.1 Å². The molecule has 0 N–H and O–H groups in total. The van der Waals surface area contributed by atoms with Gasteiger partial charge >= 0.3 is 12.0 Å². The SMILES string of the molecule is COc1nc(Oc2ccccc2C(=O)OCSc2cccc(C)c2)nc(OC)c1Cl. The highest BCUT2D eigenvalue weighted by atomic mass is 35.5. The number of para-hydroxylation sites is 1. The predicted octanol–water partition coefficient (Wildman–Crippen LogP) is 5.15. The highest BCUT2D eigenvalue weighted by molar-refractivity contribution is 7.99. The Morgan fingerprint density at radius 3 is 2.40 bits per heavy atom. The van der Waals surface area contributed by atoms with E-state index in [1.807, 2.05) is 31.2 Å². The molecule has 0 spiro atoms. The number of esters is 1. The standard InChI is InChI=1S/C21H19ClN2O5S/c1-13-7-6-8-14(11-13)30-12-28-20(25)15-9-4-5-10-16(15)29-21-23-18(26-2)17(22)19(24-21)27-3/h4-11H,12H2,1-3H3. The van der Waals surface area contributed by atoms with Crippen LogP contribution in [0, 0.1) is 6.92 Å². The van der Waals surface area contributed by atoms with E-state index >= 15 is 0 Å². The quantitative estimate of drug-likeness (QED) is 0.267. The molecule has 1 heterocycles. The van der Waals surface area contributed by atoms with Crippen molar-refractivity contribution in [2.24, 2.45) is 0 Å². The Morgan fingerprint density at radius 2 is 1.73 bits per heavy atom. The number of hydrogen-bond acceptors (Lipinski definition) is 8. The molecule has 0 amide bonds. The lowest BCUT2D eigenvalue weighted by Gasteiger charge is -2.12. The fourth-order valence-corrected chi connectivity index (χ4v) is 3.45. The van der Waals surface area contributed by atoms with Gasteiger partial charge in [0, 0.05) is 4.90 Å². The summed E-state index contributed by atoms with van der Waals surface area (Å²) in [7, 11) is 2.82. The first kappa shape index (κ1) is 21.7. The molecule has 0 atom stereocenters. The number of carbonyl (C=O) groups is 1. The van der Waals surface area contributed by atoms with E-state index in [1.165, 1.54) is 26.0 Å². The van der Waals surface area contributed by atoms with Gasteiger partial charge in [0.2, 0.25) is 11.8 Å². The summed E-state index contributed by atoms with van der Waals surface area (Å²) < 4.78 is 21.3. The number of aromatic nitrogens is 2. The number of ether oxygens (including phenoxy) is 4. The normalized spacial score (nSPS) is 10.4. The fraction of sp³-hybridized carbons (Fsp3) is 0.190. The molecule has 30 heavy (non-hydrogen) atoms. The van der Waals surface area contributed by atoms with Crippen molar-refractivity contribution in [1.29, 1.82) is 0 Å². The van der Waals surface area contributed by atoms with Gasteiger partial charge in [0.1, 0.15) is 17.3 Å². The summed E-state index contributed by atoms with van der Waals surface area (Å²) >= 11 is 7.50. The molecule has 9 heteroatoms. The van der Waals surface area contributed by atoms with E-state index in [1.54, 1.807) is 24.3 Å².